The normalized spacial score (nSPS) is 16.1. The molecule has 0 saturated heterocycles. The van der Waals surface area contributed by atoms with Gasteiger partial charge in [0.25, 0.3) is 11.6 Å². The van der Waals surface area contributed by atoms with Gasteiger partial charge in [0.05, 0.1) is 4.92 Å². The number of nitro benzene ring substituents is 1. The van der Waals surface area contributed by atoms with Crippen molar-refractivity contribution in [1.29, 1.82) is 0 Å². The first-order chi connectivity index (χ1) is 9.45. The van der Waals surface area contributed by atoms with Crippen LogP contribution in [0.2, 0.25) is 0 Å². The fourth-order valence-corrected chi connectivity index (χ4v) is 2.39. The maximum absolute atomic E-state index is 12.1. The Labute approximate surface area is 117 Å². The summed E-state index contributed by atoms with van der Waals surface area (Å²) in [7, 11) is 1.60. The molecule has 1 aromatic rings. The number of hydrogen-bond acceptors (Lipinski definition) is 4. The fraction of sp³-hybridized carbons (Fsp3) is 0.500. The molecule has 1 saturated carbocycles. The summed E-state index contributed by atoms with van der Waals surface area (Å²) in [4.78, 5) is 22.4. The van der Waals surface area contributed by atoms with Crippen LogP contribution in [0.5, 0.6) is 0 Å². The average Bonchev–Trinajstić information content (AvgIpc) is 2.41. The van der Waals surface area contributed by atoms with Gasteiger partial charge in [-0.3, -0.25) is 14.9 Å². The third-order valence-corrected chi connectivity index (χ3v) is 3.96. The summed E-state index contributed by atoms with van der Waals surface area (Å²) in [5, 5.41) is 16.5. The number of benzene rings is 1. The Bertz CT molecular complexity index is 538. The van der Waals surface area contributed by atoms with Crippen molar-refractivity contribution >= 4 is 17.3 Å². The highest BCUT2D eigenvalue weighted by atomic mass is 16.6. The van der Waals surface area contributed by atoms with E-state index in [0.717, 1.165) is 12.8 Å². The Morgan fingerprint density at radius 2 is 2.15 bits per heavy atom. The van der Waals surface area contributed by atoms with Gasteiger partial charge in [-0.2, -0.15) is 0 Å². The SMILES string of the molecule is CNc1cc(C(=O)NCC2(C)CCC2)ccc1[N+](=O)[O-]. The van der Waals surface area contributed by atoms with Gasteiger partial charge in [0.2, 0.25) is 0 Å². The lowest BCUT2D eigenvalue weighted by Crippen LogP contribution is -2.39. The van der Waals surface area contributed by atoms with Gasteiger partial charge < -0.3 is 10.6 Å². The second kappa shape index (κ2) is 5.48. The van der Waals surface area contributed by atoms with Crippen LogP contribution in [0.3, 0.4) is 0 Å². The molecule has 1 fully saturated rings. The molecule has 0 unspecified atom stereocenters. The average molecular weight is 277 g/mol. The second-order valence-electron chi connectivity index (χ2n) is 5.59. The summed E-state index contributed by atoms with van der Waals surface area (Å²) >= 11 is 0. The highest BCUT2D eigenvalue weighted by Crippen LogP contribution is 2.39. The smallest absolute Gasteiger partial charge is 0.292 e. The Balaban J connectivity index is 2.08. The number of hydrogen-bond donors (Lipinski definition) is 2. The Morgan fingerprint density at radius 1 is 1.45 bits per heavy atom. The van der Waals surface area contributed by atoms with Crippen LogP contribution >= 0.6 is 0 Å². The zero-order valence-corrected chi connectivity index (χ0v) is 11.7. The Kier molecular flexibility index (Phi) is 3.92. The molecule has 0 radical (unpaired) electrons. The number of amides is 1. The van der Waals surface area contributed by atoms with Gasteiger partial charge in [-0.1, -0.05) is 13.3 Å². The topological polar surface area (TPSA) is 84.3 Å². The predicted octanol–water partition coefficient (Wildman–Crippen LogP) is 2.56. The highest BCUT2D eigenvalue weighted by Gasteiger charge is 2.32. The van der Waals surface area contributed by atoms with Gasteiger partial charge in [-0.15, -0.1) is 0 Å². The number of nitrogens with one attached hydrogen (secondary N) is 2. The summed E-state index contributed by atoms with van der Waals surface area (Å²) in [6, 6.07) is 4.35. The molecule has 6 nitrogen and oxygen atoms in total. The summed E-state index contributed by atoms with van der Waals surface area (Å²) in [6.07, 6.45) is 3.48. The third kappa shape index (κ3) is 2.89. The van der Waals surface area contributed by atoms with Crippen LogP contribution in [-0.4, -0.2) is 24.4 Å². The van der Waals surface area contributed by atoms with E-state index in [1.807, 2.05) is 0 Å². The van der Waals surface area contributed by atoms with Crippen LogP contribution in [0.15, 0.2) is 18.2 Å². The fourth-order valence-electron chi connectivity index (χ4n) is 2.39. The number of carbonyl (C=O) groups excluding carboxylic acids is 1. The van der Waals surface area contributed by atoms with Crippen molar-refractivity contribution in [2.24, 2.45) is 5.41 Å². The summed E-state index contributed by atoms with van der Waals surface area (Å²) in [6.45, 7) is 2.81. The molecule has 6 heteroatoms. The monoisotopic (exact) mass is 277 g/mol. The minimum atomic E-state index is -0.469. The molecule has 1 aromatic carbocycles. The molecule has 1 aliphatic rings. The highest BCUT2D eigenvalue weighted by molar-refractivity contribution is 5.95. The lowest BCUT2D eigenvalue weighted by Gasteiger charge is -2.38. The van der Waals surface area contributed by atoms with Crippen LogP contribution in [0.1, 0.15) is 36.5 Å². The van der Waals surface area contributed by atoms with Crippen molar-refractivity contribution in [2.45, 2.75) is 26.2 Å². The molecule has 20 heavy (non-hydrogen) atoms. The minimum absolute atomic E-state index is 0.0324. The van der Waals surface area contributed by atoms with E-state index in [0.29, 0.717) is 17.8 Å². The molecular weight excluding hydrogens is 258 g/mol. The molecule has 2 N–H and O–H groups in total. The summed E-state index contributed by atoms with van der Waals surface area (Å²) in [5.74, 6) is -0.190. The molecule has 0 bridgehead atoms. The van der Waals surface area contributed by atoms with E-state index in [1.165, 1.54) is 24.6 Å². The van der Waals surface area contributed by atoms with Crippen LogP contribution in [0, 0.1) is 15.5 Å². The number of anilines is 1. The molecule has 0 atom stereocenters. The van der Waals surface area contributed by atoms with Crippen molar-refractivity contribution < 1.29 is 9.72 Å². The predicted molar refractivity (Wildman–Crippen MR) is 76.9 cm³/mol. The molecule has 0 aromatic heterocycles. The molecule has 0 spiro atoms. The van der Waals surface area contributed by atoms with E-state index in [1.54, 1.807) is 7.05 Å². The number of nitro groups is 1. The van der Waals surface area contributed by atoms with Crippen molar-refractivity contribution in [1.82, 2.24) is 5.32 Å². The Hall–Kier alpha value is -2.11. The third-order valence-electron chi connectivity index (χ3n) is 3.96. The van der Waals surface area contributed by atoms with Gasteiger partial charge >= 0.3 is 0 Å². The Morgan fingerprint density at radius 3 is 2.65 bits per heavy atom. The second-order valence-corrected chi connectivity index (χ2v) is 5.59. The molecular formula is C14H19N3O3. The van der Waals surface area contributed by atoms with E-state index in [9.17, 15) is 14.9 Å². The first-order valence-electron chi connectivity index (χ1n) is 6.70. The molecule has 1 aliphatic carbocycles. The molecule has 1 amide bonds. The van der Waals surface area contributed by atoms with Crippen LogP contribution in [0.25, 0.3) is 0 Å². The summed E-state index contributed by atoms with van der Waals surface area (Å²) < 4.78 is 0. The van der Waals surface area contributed by atoms with Crippen molar-refractivity contribution in [2.75, 3.05) is 18.9 Å². The number of rotatable bonds is 5. The largest absolute Gasteiger partial charge is 0.383 e. The van der Waals surface area contributed by atoms with Gasteiger partial charge in [0, 0.05) is 25.2 Å². The number of carbonyl (C=O) groups is 1. The lowest BCUT2D eigenvalue weighted by atomic mass is 9.70. The van der Waals surface area contributed by atoms with E-state index < -0.39 is 4.92 Å². The maximum atomic E-state index is 12.1. The van der Waals surface area contributed by atoms with Gasteiger partial charge in [0.1, 0.15) is 5.69 Å². The molecule has 108 valence electrons. The first-order valence-corrected chi connectivity index (χ1v) is 6.70. The van der Waals surface area contributed by atoms with Gasteiger partial charge in [-0.25, -0.2) is 0 Å². The van der Waals surface area contributed by atoms with E-state index >= 15 is 0 Å². The standard InChI is InChI=1S/C14H19N3O3/c1-14(6-3-7-14)9-16-13(18)10-4-5-12(17(19)20)11(8-10)15-2/h4-5,8,15H,3,6-7,9H2,1-2H3,(H,16,18). The van der Waals surface area contributed by atoms with E-state index in [4.69, 9.17) is 0 Å². The minimum Gasteiger partial charge on any atom is -0.383 e. The van der Waals surface area contributed by atoms with Crippen LogP contribution in [0.4, 0.5) is 11.4 Å². The van der Waals surface area contributed by atoms with E-state index in [-0.39, 0.29) is 17.0 Å². The number of nitrogens with zero attached hydrogens (tertiary/aromatic N) is 1. The van der Waals surface area contributed by atoms with Crippen LogP contribution in [-0.2, 0) is 0 Å². The summed E-state index contributed by atoms with van der Waals surface area (Å²) in [5.41, 5.74) is 0.956. The van der Waals surface area contributed by atoms with E-state index in [2.05, 4.69) is 17.6 Å². The van der Waals surface area contributed by atoms with Crippen molar-refractivity contribution in [3.63, 3.8) is 0 Å². The molecule has 0 heterocycles. The zero-order chi connectivity index (χ0) is 14.8. The van der Waals surface area contributed by atoms with Crippen molar-refractivity contribution in [3.05, 3.63) is 33.9 Å². The van der Waals surface area contributed by atoms with Gasteiger partial charge in [-0.05, 0) is 30.4 Å². The van der Waals surface area contributed by atoms with Gasteiger partial charge in [0.15, 0.2) is 0 Å². The first kappa shape index (κ1) is 14.3. The molecule has 0 aliphatic heterocycles. The van der Waals surface area contributed by atoms with Crippen LogP contribution < -0.4 is 10.6 Å². The quantitative estimate of drug-likeness (QED) is 0.640. The molecule has 2 rings (SSSR count). The lowest BCUT2D eigenvalue weighted by molar-refractivity contribution is -0.383. The maximum Gasteiger partial charge on any atom is 0.292 e. The van der Waals surface area contributed by atoms with Crippen molar-refractivity contribution in [3.8, 4) is 0 Å². The zero-order valence-electron chi connectivity index (χ0n) is 11.7.